The average Bonchev–Trinajstić information content (AvgIpc) is 1.85. The Kier molecular flexibility index (Phi) is 2.21. The van der Waals surface area contributed by atoms with Crippen molar-refractivity contribution in [2.75, 3.05) is 0 Å². The molecule has 0 bridgehead atoms. The van der Waals surface area contributed by atoms with Crippen molar-refractivity contribution in [3.8, 4) is 5.75 Å². The summed E-state index contributed by atoms with van der Waals surface area (Å²) in [6, 6.07) is 4.09. The Morgan fingerprint density at radius 2 is 2.18 bits per heavy atom. The number of carbonyl (C=O) groups is 1. The second kappa shape index (κ2) is 3.14. The third kappa shape index (κ3) is 2.04. The van der Waals surface area contributed by atoms with Gasteiger partial charge in [-0.1, -0.05) is 0 Å². The highest BCUT2D eigenvalue weighted by molar-refractivity contribution is 5.45. The van der Waals surface area contributed by atoms with E-state index in [1.807, 2.05) is 0 Å². The van der Waals surface area contributed by atoms with Crippen LogP contribution >= 0.6 is 0 Å². The first-order valence-corrected chi connectivity index (χ1v) is 3.10. The quantitative estimate of drug-likeness (QED) is 0.605. The van der Waals surface area contributed by atoms with E-state index in [0.717, 1.165) is 11.6 Å². The second-order valence-corrected chi connectivity index (χ2v) is 2.18. The van der Waals surface area contributed by atoms with Gasteiger partial charge in [-0.2, -0.15) is 0 Å². The van der Waals surface area contributed by atoms with Gasteiger partial charge in [0.15, 0.2) is 0 Å². The first-order chi connectivity index (χ1) is 5.22. The highest BCUT2D eigenvalue weighted by atomic mass is 19.1. The lowest BCUT2D eigenvalue weighted by molar-refractivity contribution is -0.120. The summed E-state index contributed by atoms with van der Waals surface area (Å²) in [5.41, 5.74) is 0.724. The Morgan fingerprint density at radius 1 is 1.45 bits per heavy atom. The zero-order valence-corrected chi connectivity index (χ0v) is 6.00. The molecular weight excluding hydrogens is 147 g/mol. The van der Waals surface area contributed by atoms with Gasteiger partial charge in [-0.15, -0.1) is 0 Å². The van der Waals surface area contributed by atoms with Crippen molar-refractivity contribution < 1.29 is 13.9 Å². The van der Waals surface area contributed by atoms with Gasteiger partial charge in [-0.3, -0.25) is 4.79 Å². The minimum Gasteiger partial charge on any atom is -0.429 e. The second-order valence-electron chi connectivity index (χ2n) is 2.18. The molecule has 0 aliphatic carbocycles. The maximum Gasteiger partial charge on any atom is 0.298 e. The number of hydrogen-bond acceptors (Lipinski definition) is 2. The van der Waals surface area contributed by atoms with Crippen molar-refractivity contribution >= 4 is 6.47 Å². The highest BCUT2D eigenvalue weighted by Gasteiger charge is 1.97. The van der Waals surface area contributed by atoms with E-state index in [0.29, 0.717) is 0 Å². The van der Waals surface area contributed by atoms with E-state index < -0.39 is 5.82 Å². The van der Waals surface area contributed by atoms with Gasteiger partial charge in [0, 0.05) is 6.07 Å². The highest BCUT2D eigenvalue weighted by Crippen LogP contribution is 2.14. The molecule has 0 aliphatic heterocycles. The number of carbonyl (C=O) groups excluding carboxylic acids is 1. The molecule has 2 nitrogen and oxygen atoms in total. The van der Waals surface area contributed by atoms with Gasteiger partial charge in [-0.25, -0.2) is 4.39 Å². The average molecular weight is 154 g/mol. The van der Waals surface area contributed by atoms with Crippen LogP contribution in [0.5, 0.6) is 5.75 Å². The van der Waals surface area contributed by atoms with Crippen LogP contribution in [0.25, 0.3) is 0 Å². The largest absolute Gasteiger partial charge is 0.429 e. The lowest BCUT2D eigenvalue weighted by atomic mass is 10.2. The molecule has 0 heterocycles. The minimum absolute atomic E-state index is 0.234. The van der Waals surface area contributed by atoms with Crippen molar-refractivity contribution in [2.45, 2.75) is 6.92 Å². The first-order valence-electron chi connectivity index (χ1n) is 3.10. The number of aryl methyl sites for hydroxylation is 1. The van der Waals surface area contributed by atoms with E-state index in [9.17, 15) is 9.18 Å². The Morgan fingerprint density at radius 3 is 2.73 bits per heavy atom. The van der Waals surface area contributed by atoms with E-state index in [-0.39, 0.29) is 12.2 Å². The maximum absolute atomic E-state index is 12.6. The van der Waals surface area contributed by atoms with Crippen LogP contribution in [0.2, 0.25) is 0 Å². The topological polar surface area (TPSA) is 26.3 Å². The Labute approximate surface area is 63.6 Å². The Hall–Kier alpha value is -1.38. The SMILES string of the molecule is Cc1cc(F)cc(OC=O)c1. The number of benzene rings is 1. The van der Waals surface area contributed by atoms with Crippen LogP contribution in [0, 0.1) is 12.7 Å². The predicted molar refractivity (Wildman–Crippen MR) is 37.8 cm³/mol. The molecule has 0 unspecified atom stereocenters. The summed E-state index contributed by atoms with van der Waals surface area (Å²) in [5, 5.41) is 0. The number of halogens is 1. The molecule has 0 saturated heterocycles. The van der Waals surface area contributed by atoms with E-state index in [1.165, 1.54) is 6.07 Å². The fourth-order valence-electron chi connectivity index (χ4n) is 0.826. The number of rotatable bonds is 2. The molecule has 1 aromatic rings. The molecule has 0 aromatic heterocycles. The van der Waals surface area contributed by atoms with Gasteiger partial charge < -0.3 is 4.74 Å². The zero-order chi connectivity index (χ0) is 8.27. The molecule has 0 spiro atoms. The summed E-state index contributed by atoms with van der Waals surface area (Å²) in [4.78, 5) is 9.85. The molecule has 0 fully saturated rings. The van der Waals surface area contributed by atoms with Crippen LogP contribution in [0.1, 0.15) is 5.56 Å². The van der Waals surface area contributed by atoms with E-state index >= 15 is 0 Å². The van der Waals surface area contributed by atoms with Crippen LogP contribution in [0.3, 0.4) is 0 Å². The minimum atomic E-state index is -0.401. The van der Waals surface area contributed by atoms with Gasteiger partial charge in [-0.05, 0) is 24.6 Å². The molecule has 11 heavy (non-hydrogen) atoms. The number of hydrogen-bond donors (Lipinski definition) is 0. The van der Waals surface area contributed by atoms with Gasteiger partial charge in [0.05, 0.1) is 0 Å². The van der Waals surface area contributed by atoms with Crippen LogP contribution in [0.15, 0.2) is 18.2 Å². The third-order valence-corrected chi connectivity index (χ3v) is 1.20. The smallest absolute Gasteiger partial charge is 0.298 e. The molecule has 1 aromatic carbocycles. The van der Waals surface area contributed by atoms with E-state index in [1.54, 1.807) is 13.0 Å². The molecule has 0 N–H and O–H groups in total. The van der Waals surface area contributed by atoms with Crippen molar-refractivity contribution in [2.24, 2.45) is 0 Å². The summed E-state index contributed by atoms with van der Waals surface area (Å²) in [6.45, 7) is 1.99. The zero-order valence-electron chi connectivity index (χ0n) is 6.00. The van der Waals surface area contributed by atoms with Crippen LogP contribution in [0.4, 0.5) is 4.39 Å². The van der Waals surface area contributed by atoms with Crippen LogP contribution < -0.4 is 4.74 Å². The fourth-order valence-corrected chi connectivity index (χ4v) is 0.826. The summed E-state index contributed by atoms with van der Waals surface area (Å²) in [7, 11) is 0. The van der Waals surface area contributed by atoms with Gasteiger partial charge in [0.1, 0.15) is 11.6 Å². The Bertz CT molecular complexity index is 251. The molecule has 0 saturated carbocycles. The third-order valence-electron chi connectivity index (χ3n) is 1.20. The number of ether oxygens (including phenoxy) is 1. The van der Waals surface area contributed by atoms with Crippen molar-refractivity contribution in [1.29, 1.82) is 0 Å². The van der Waals surface area contributed by atoms with Crippen LogP contribution in [-0.2, 0) is 4.79 Å². The lowest BCUT2D eigenvalue weighted by Gasteiger charge is -1.98. The van der Waals surface area contributed by atoms with Crippen molar-refractivity contribution in [3.63, 3.8) is 0 Å². The molecule has 0 aliphatic rings. The molecule has 0 amide bonds. The summed E-state index contributed by atoms with van der Waals surface area (Å²) >= 11 is 0. The van der Waals surface area contributed by atoms with Gasteiger partial charge in [0.2, 0.25) is 0 Å². The van der Waals surface area contributed by atoms with Crippen molar-refractivity contribution in [3.05, 3.63) is 29.6 Å². The molecule has 58 valence electrons. The van der Waals surface area contributed by atoms with Gasteiger partial charge >= 0.3 is 0 Å². The van der Waals surface area contributed by atoms with Crippen molar-refractivity contribution in [1.82, 2.24) is 0 Å². The lowest BCUT2D eigenvalue weighted by Crippen LogP contribution is -1.89. The van der Waals surface area contributed by atoms with E-state index in [4.69, 9.17) is 0 Å². The van der Waals surface area contributed by atoms with E-state index in [2.05, 4.69) is 4.74 Å². The molecule has 0 atom stereocenters. The molecule has 3 heteroatoms. The van der Waals surface area contributed by atoms with Crippen LogP contribution in [-0.4, -0.2) is 6.47 Å². The normalized spacial score (nSPS) is 9.27. The molecular formula is C8H7FO2. The standard InChI is InChI=1S/C8H7FO2/c1-6-2-7(9)4-8(3-6)11-5-10/h2-5H,1H3. The summed E-state index contributed by atoms with van der Waals surface area (Å²) < 4.78 is 17.0. The maximum atomic E-state index is 12.6. The first kappa shape index (κ1) is 7.72. The summed E-state index contributed by atoms with van der Waals surface area (Å²) in [5.74, 6) is -0.167. The van der Waals surface area contributed by atoms with Gasteiger partial charge in [0.25, 0.3) is 6.47 Å². The molecule has 0 radical (unpaired) electrons. The monoisotopic (exact) mass is 154 g/mol. The molecule has 1 rings (SSSR count). The Balaban J connectivity index is 2.98. The fraction of sp³-hybridized carbons (Fsp3) is 0.125. The summed E-state index contributed by atoms with van der Waals surface area (Å²) in [6.07, 6.45) is 0. The predicted octanol–water partition coefficient (Wildman–Crippen LogP) is 1.67.